The van der Waals surface area contributed by atoms with Crippen LogP contribution >= 0.6 is 23.1 Å². The van der Waals surface area contributed by atoms with Crippen molar-refractivity contribution in [1.29, 1.82) is 0 Å². The van der Waals surface area contributed by atoms with Crippen molar-refractivity contribution in [3.63, 3.8) is 0 Å². The molecule has 130 valence electrons. The van der Waals surface area contributed by atoms with Crippen LogP contribution in [0.5, 0.6) is 0 Å². The Balaban J connectivity index is 1.50. The van der Waals surface area contributed by atoms with E-state index in [1.807, 2.05) is 12.1 Å². The lowest BCUT2D eigenvalue weighted by atomic mass is 10.3. The molecule has 0 saturated carbocycles. The van der Waals surface area contributed by atoms with Gasteiger partial charge >= 0.3 is 0 Å². The summed E-state index contributed by atoms with van der Waals surface area (Å²) >= 11 is 3.30. The van der Waals surface area contributed by atoms with Crippen molar-refractivity contribution in [1.82, 2.24) is 25.2 Å². The van der Waals surface area contributed by atoms with E-state index in [0.717, 1.165) is 15.5 Å². The fraction of sp³-hybridized carbons (Fsp3) is 0.200. The first-order valence-corrected chi connectivity index (χ1v) is 10.8. The number of aromatic amines is 1. The molecule has 0 amide bonds. The van der Waals surface area contributed by atoms with E-state index in [1.165, 1.54) is 0 Å². The van der Waals surface area contributed by atoms with Crippen molar-refractivity contribution in [2.75, 3.05) is 0 Å². The molecule has 1 aliphatic heterocycles. The van der Waals surface area contributed by atoms with Gasteiger partial charge in [0.15, 0.2) is 10.7 Å². The van der Waals surface area contributed by atoms with Crippen LogP contribution in [-0.4, -0.2) is 29.0 Å². The van der Waals surface area contributed by atoms with Gasteiger partial charge in [-0.1, -0.05) is 0 Å². The number of pyridine rings is 1. The highest BCUT2D eigenvalue weighted by Crippen LogP contribution is 2.31. The number of H-pyrrole nitrogens is 1. The van der Waals surface area contributed by atoms with E-state index in [-0.39, 0.29) is 11.6 Å². The van der Waals surface area contributed by atoms with Gasteiger partial charge < -0.3 is 5.32 Å². The number of aromatic nitrogens is 3. The Morgan fingerprint density at radius 2 is 2.20 bits per heavy atom. The van der Waals surface area contributed by atoms with E-state index >= 15 is 0 Å². The summed E-state index contributed by atoms with van der Waals surface area (Å²) in [7, 11) is -3.70. The summed E-state index contributed by atoms with van der Waals surface area (Å²) in [5.41, 5.74) is 1.47. The normalized spacial score (nSPS) is 17.6. The van der Waals surface area contributed by atoms with Gasteiger partial charge in [-0.3, -0.25) is 5.10 Å². The Morgan fingerprint density at radius 1 is 1.32 bits per heavy atom. The second kappa shape index (κ2) is 6.45. The number of nitrogens with zero attached hydrogens (tertiary/aromatic N) is 2. The minimum atomic E-state index is -3.70. The van der Waals surface area contributed by atoms with Crippen LogP contribution < -0.4 is 10.0 Å². The van der Waals surface area contributed by atoms with Gasteiger partial charge in [0.25, 0.3) is 10.0 Å². The average Bonchev–Trinajstić information content (AvgIpc) is 3.32. The fourth-order valence-corrected chi connectivity index (χ4v) is 5.40. The lowest BCUT2D eigenvalue weighted by Crippen LogP contribution is -2.23. The van der Waals surface area contributed by atoms with Crippen LogP contribution in [0, 0.1) is 0 Å². The molecular weight excluding hydrogens is 378 g/mol. The topological polar surface area (TPSA) is 99.8 Å². The van der Waals surface area contributed by atoms with Crippen molar-refractivity contribution in [2.45, 2.75) is 23.9 Å². The van der Waals surface area contributed by atoms with E-state index in [4.69, 9.17) is 0 Å². The predicted molar refractivity (Wildman–Crippen MR) is 100 cm³/mol. The zero-order valence-corrected chi connectivity index (χ0v) is 15.6. The van der Waals surface area contributed by atoms with Crippen molar-refractivity contribution in [3.05, 3.63) is 45.6 Å². The smallest absolute Gasteiger partial charge is 0.258 e. The van der Waals surface area contributed by atoms with Crippen molar-refractivity contribution >= 4 is 49.9 Å². The number of sulfonamides is 1. The second-order valence-corrected chi connectivity index (χ2v) is 9.56. The molecule has 3 N–H and O–H groups in total. The number of fused-ring (bicyclic) bond motifs is 1. The van der Waals surface area contributed by atoms with E-state index in [9.17, 15) is 8.42 Å². The molecule has 3 aromatic heterocycles. The van der Waals surface area contributed by atoms with Crippen LogP contribution in [0.4, 0.5) is 0 Å². The molecule has 0 saturated heterocycles. The summed E-state index contributed by atoms with van der Waals surface area (Å²) in [5.74, 6) is 0. The molecule has 0 spiro atoms. The Kier molecular flexibility index (Phi) is 4.28. The minimum absolute atomic E-state index is 0.0396. The highest BCUT2D eigenvalue weighted by atomic mass is 32.2. The predicted octanol–water partition coefficient (Wildman–Crippen LogP) is 2.48. The highest BCUT2D eigenvalue weighted by molar-refractivity contribution is 8.03. The summed E-state index contributed by atoms with van der Waals surface area (Å²) in [5, 5.41) is 12.8. The van der Waals surface area contributed by atoms with Crippen LogP contribution in [0.2, 0.25) is 0 Å². The molecule has 0 aromatic carbocycles. The van der Waals surface area contributed by atoms with Crippen LogP contribution in [0.15, 0.2) is 40.9 Å². The van der Waals surface area contributed by atoms with Gasteiger partial charge in [0.1, 0.15) is 0 Å². The molecule has 0 aliphatic carbocycles. The number of hydrogen-bond acceptors (Lipinski definition) is 7. The van der Waals surface area contributed by atoms with Crippen LogP contribution in [0.25, 0.3) is 16.7 Å². The first-order chi connectivity index (χ1) is 12.0. The summed E-state index contributed by atoms with van der Waals surface area (Å²) in [4.78, 5) is 6.08. The van der Waals surface area contributed by atoms with Crippen LogP contribution in [-0.2, 0) is 16.6 Å². The number of nitrogens with one attached hydrogen (secondary N) is 3. The SMILES string of the molecule is CC1NC(c2ccc(CNS(=O)(=O)c3[nH]nc4ncccc34)s2)=CS1. The maximum absolute atomic E-state index is 12.6. The molecule has 0 bridgehead atoms. The summed E-state index contributed by atoms with van der Waals surface area (Å²) in [6.45, 7) is 2.32. The number of thiophene rings is 1. The molecule has 1 aliphatic rings. The maximum Gasteiger partial charge on any atom is 0.258 e. The lowest BCUT2D eigenvalue weighted by Gasteiger charge is -2.05. The van der Waals surface area contributed by atoms with Crippen LogP contribution in [0.3, 0.4) is 0 Å². The molecule has 3 aromatic rings. The van der Waals surface area contributed by atoms with Gasteiger partial charge in [0, 0.05) is 17.6 Å². The molecule has 1 atom stereocenters. The van der Waals surface area contributed by atoms with Gasteiger partial charge in [-0.25, -0.2) is 18.1 Å². The van der Waals surface area contributed by atoms with Crippen molar-refractivity contribution in [3.8, 4) is 0 Å². The van der Waals surface area contributed by atoms with Crippen LogP contribution in [0.1, 0.15) is 16.7 Å². The number of hydrogen-bond donors (Lipinski definition) is 3. The quantitative estimate of drug-likeness (QED) is 0.616. The van der Waals surface area contributed by atoms with E-state index < -0.39 is 10.0 Å². The Labute approximate surface area is 153 Å². The van der Waals surface area contributed by atoms with Gasteiger partial charge in [-0.2, -0.15) is 5.10 Å². The summed E-state index contributed by atoms with van der Waals surface area (Å²) in [6, 6.07) is 7.30. The maximum atomic E-state index is 12.6. The largest absolute Gasteiger partial charge is 0.372 e. The Bertz CT molecular complexity index is 1050. The molecule has 10 heteroatoms. The minimum Gasteiger partial charge on any atom is -0.372 e. The van der Waals surface area contributed by atoms with E-state index in [0.29, 0.717) is 16.4 Å². The van der Waals surface area contributed by atoms with Crippen molar-refractivity contribution in [2.24, 2.45) is 0 Å². The molecule has 4 rings (SSSR count). The Morgan fingerprint density at radius 3 is 3.00 bits per heavy atom. The molecule has 25 heavy (non-hydrogen) atoms. The molecule has 0 radical (unpaired) electrons. The third-order valence-corrected chi connectivity index (χ3v) is 7.07. The first kappa shape index (κ1) is 16.6. The Hall–Kier alpha value is -1.88. The average molecular weight is 394 g/mol. The zero-order chi connectivity index (χ0) is 17.4. The standard InChI is InChI=1S/C15H15N5O2S3/c1-9-18-12(8-23-9)13-5-4-10(24-13)7-17-25(21,22)15-11-3-2-6-16-14(11)19-20-15/h2-6,8-9,17-18H,7H2,1H3,(H,16,19,20). The molecule has 4 heterocycles. The van der Waals surface area contributed by atoms with E-state index in [1.54, 1.807) is 41.4 Å². The van der Waals surface area contributed by atoms with Gasteiger partial charge in [0.2, 0.25) is 0 Å². The lowest BCUT2D eigenvalue weighted by molar-refractivity contribution is 0.578. The fourth-order valence-electron chi connectivity index (χ4n) is 2.47. The first-order valence-electron chi connectivity index (χ1n) is 7.53. The number of thioether (sulfide) groups is 1. The molecule has 0 fully saturated rings. The zero-order valence-electron chi connectivity index (χ0n) is 13.2. The van der Waals surface area contributed by atoms with Gasteiger partial charge in [-0.15, -0.1) is 23.1 Å². The number of rotatable bonds is 5. The molecular formula is C15H15N5O2S3. The summed E-state index contributed by atoms with van der Waals surface area (Å²) in [6.07, 6.45) is 1.57. The van der Waals surface area contributed by atoms with E-state index in [2.05, 4.69) is 37.6 Å². The van der Waals surface area contributed by atoms with Crippen molar-refractivity contribution < 1.29 is 8.42 Å². The monoisotopic (exact) mass is 393 g/mol. The molecule has 7 nitrogen and oxygen atoms in total. The third kappa shape index (κ3) is 3.30. The van der Waals surface area contributed by atoms with Gasteiger partial charge in [-0.05, 0) is 36.6 Å². The second-order valence-electron chi connectivity index (χ2n) is 5.47. The molecule has 1 unspecified atom stereocenters. The summed E-state index contributed by atoms with van der Waals surface area (Å²) < 4.78 is 27.7. The van der Waals surface area contributed by atoms with Gasteiger partial charge in [0.05, 0.1) is 21.3 Å². The highest BCUT2D eigenvalue weighted by Gasteiger charge is 2.21. The third-order valence-electron chi connectivity index (χ3n) is 3.68.